The van der Waals surface area contributed by atoms with Crippen LogP contribution in [-0.4, -0.2) is 96.7 Å². The second kappa shape index (κ2) is 65.4. The van der Waals surface area contributed by atoms with Crippen LogP contribution in [0.4, 0.5) is 0 Å². The number of ether oxygens (including phenoxy) is 4. The van der Waals surface area contributed by atoms with Gasteiger partial charge in [0.2, 0.25) is 0 Å². The number of esters is 4. The van der Waals surface area contributed by atoms with Crippen molar-refractivity contribution in [3.05, 3.63) is 0 Å². The van der Waals surface area contributed by atoms with Crippen molar-refractivity contribution < 1.29 is 80.2 Å². The van der Waals surface area contributed by atoms with E-state index in [9.17, 15) is 43.2 Å². The van der Waals surface area contributed by atoms with Gasteiger partial charge in [0.1, 0.15) is 19.3 Å². The third kappa shape index (κ3) is 65.1. The Kier molecular flexibility index (Phi) is 64.0. The van der Waals surface area contributed by atoms with Crippen molar-refractivity contribution in [3.8, 4) is 0 Å². The second-order valence-corrected chi connectivity index (χ2v) is 29.1. The Morgan fingerprint density at radius 1 is 0.308 bits per heavy atom. The van der Waals surface area contributed by atoms with Gasteiger partial charge in [0.15, 0.2) is 12.2 Å². The van der Waals surface area contributed by atoms with Crippen LogP contribution >= 0.6 is 15.6 Å². The van der Waals surface area contributed by atoms with E-state index in [1.807, 2.05) is 0 Å². The lowest BCUT2D eigenvalue weighted by Gasteiger charge is -2.21. The van der Waals surface area contributed by atoms with Gasteiger partial charge in [0.25, 0.3) is 0 Å². The van der Waals surface area contributed by atoms with Crippen molar-refractivity contribution in [2.75, 3.05) is 39.6 Å². The summed E-state index contributed by atoms with van der Waals surface area (Å²) in [6.45, 7) is 7.26. The summed E-state index contributed by atoms with van der Waals surface area (Å²) in [6, 6.07) is 0. The zero-order chi connectivity index (χ0) is 67.0. The first-order chi connectivity index (χ1) is 44.1. The molecule has 0 saturated carbocycles. The van der Waals surface area contributed by atoms with Crippen molar-refractivity contribution in [3.63, 3.8) is 0 Å². The Hall–Kier alpha value is -1.94. The largest absolute Gasteiger partial charge is 0.472 e. The molecule has 91 heavy (non-hydrogen) atoms. The lowest BCUT2D eigenvalue weighted by Crippen LogP contribution is -2.30. The fraction of sp³-hybridized carbons (Fsp3) is 0.944. The molecule has 0 radical (unpaired) electrons. The van der Waals surface area contributed by atoms with Crippen LogP contribution in [0.25, 0.3) is 0 Å². The van der Waals surface area contributed by atoms with Crippen molar-refractivity contribution >= 4 is 39.5 Å². The van der Waals surface area contributed by atoms with Gasteiger partial charge in [0.05, 0.1) is 26.4 Å². The molecule has 0 aromatic carbocycles. The van der Waals surface area contributed by atoms with Gasteiger partial charge >= 0.3 is 39.5 Å². The van der Waals surface area contributed by atoms with Crippen molar-refractivity contribution in [1.82, 2.24) is 0 Å². The summed E-state index contributed by atoms with van der Waals surface area (Å²) in [4.78, 5) is 72.6. The van der Waals surface area contributed by atoms with E-state index >= 15 is 0 Å². The molecule has 0 rings (SSSR count). The maximum Gasteiger partial charge on any atom is 0.472 e. The first-order valence-electron chi connectivity index (χ1n) is 37.7. The van der Waals surface area contributed by atoms with E-state index in [-0.39, 0.29) is 25.7 Å². The number of aliphatic hydroxyl groups excluding tert-OH is 1. The highest BCUT2D eigenvalue weighted by atomic mass is 31.2. The summed E-state index contributed by atoms with van der Waals surface area (Å²) in [6.07, 6.45) is 52.5. The quantitative estimate of drug-likeness (QED) is 0.0222. The minimum absolute atomic E-state index is 0.106. The van der Waals surface area contributed by atoms with E-state index in [0.717, 1.165) is 95.8 Å². The van der Waals surface area contributed by atoms with Crippen LogP contribution < -0.4 is 0 Å². The van der Waals surface area contributed by atoms with E-state index < -0.39 is 97.5 Å². The van der Waals surface area contributed by atoms with Crippen LogP contribution in [0.3, 0.4) is 0 Å². The third-order valence-electron chi connectivity index (χ3n) is 17.1. The molecule has 0 heterocycles. The number of carbonyl (C=O) groups is 4. The van der Waals surface area contributed by atoms with Gasteiger partial charge in [-0.15, -0.1) is 0 Å². The Labute approximate surface area is 556 Å². The average Bonchev–Trinajstić information content (AvgIpc) is 3.74. The number of phosphoric ester groups is 2. The summed E-state index contributed by atoms with van der Waals surface area (Å²) >= 11 is 0. The third-order valence-corrected chi connectivity index (χ3v) is 19.0. The maximum atomic E-state index is 13.0. The molecule has 0 saturated heterocycles. The Morgan fingerprint density at radius 2 is 0.527 bits per heavy atom. The number of carbonyl (C=O) groups excluding carboxylic acids is 4. The predicted molar refractivity (Wildman–Crippen MR) is 368 cm³/mol. The molecule has 17 nitrogen and oxygen atoms in total. The lowest BCUT2D eigenvalue weighted by atomic mass is 9.99. The zero-order valence-corrected chi connectivity index (χ0v) is 60.8. The molecule has 0 spiro atoms. The first-order valence-corrected chi connectivity index (χ1v) is 40.7. The highest BCUT2D eigenvalue weighted by Gasteiger charge is 2.30. The minimum Gasteiger partial charge on any atom is -0.462 e. The van der Waals surface area contributed by atoms with Gasteiger partial charge in [-0.05, 0) is 31.6 Å². The fourth-order valence-electron chi connectivity index (χ4n) is 11.0. The molecule has 0 aromatic heterocycles. The molecule has 0 aliphatic carbocycles. The molecule has 0 aliphatic heterocycles. The number of hydrogen-bond acceptors (Lipinski definition) is 15. The predicted octanol–water partition coefficient (Wildman–Crippen LogP) is 20.9. The zero-order valence-electron chi connectivity index (χ0n) is 59.0. The Bertz CT molecular complexity index is 1760. The molecular formula is C72H140O17P2. The van der Waals surface area contributed by atoms with E-state index in [2.05, 4.69) is 34.6 Å². The molecule has 0 fully saturated rings. The molecule has 0 bridgehead atoms. The molecule has 19 heteroatoms. The van der Waals surface area contributed by atoms with Crippen LogP contribution in [0.5, 0.6) is 0 Å². The van der Waals surface area contributed by atoms with Gasteiger partial charge < -0.3 is 33.8 Å². The minimum atomic E-state index is -4.95. The average molecular weight is 1340 g/mol. The number of aliphatic hydroxyl groups is 1. The van der Waals surface area contributed by atoms with Crippen LogP contribution in [0.15, 0.2) is 0 Å². The molecule has 3 unspecified atom stereocenters. The van der Waals surface area contributed by atoms with Crippen LogP contribution in [0.2, 0.25) is 0 Å². The van der Waals surface area contributed by atoms with Gasteiger partial charge in [-0.1, -0.05) is 324 Å². The van der Waals surface area contributed by atoms with Crippen molar-refractivity contribution in [2.45, 2.75) is 393 Å². The molecular weight excluding hydrogens is 1200 g/mol. The highest BCUT2D eigenvalue weighted by molar-refractivity contribution is 7.47. The SMILES string of the molecule is CCCCCCCCCCCCCCCCCC(=O)O[C@H](COC(=O)CCCCCCCCCCCCCCC)COP(=O)(O)OC[C@@H](O)COP(=O)(O)OC[C@@H](COC(=O)CCCCCCCCCCCCC)OC(=O)CCCCCCCCCCC(C)CC. The van der Waals surface area contributed by atoms with Gasteiger partial charge in [0, 0.05) is 25.7 Å². The summed E-state index contributed by atoms with van der Waals surface area (Å²) in [7, 11) is -9.90. The molecule has 0 aromatic rings. The van der Waals surface area contributed by atoms with Gasteiger partial charge in [-0.2, -0.15) is 0 Å². The second-order valence-electron chi connectivity index (χ2n) is 26.2. The Morgan fingerprint density at radius 3 is 0.780 bits per heavy atom. The van der Waals surface area contributed by atoms with E-state index in [0.29, 0.717) is 25.7 Å². The van der Waals surface area contributed by atoms with Crippen molar-refractivity contribution in [2.24, 2.45) is 5.92 Å². The summed E-state index contributed by atoms with van der Waals surface area (Å²) < 4.78 is 68.4. The Balaban J connectivity index is 5.26. The fourth-order valence-corrected chi connectivity index (χ4v) is 12.5. The topological polar surface area (TPSA) is 237 Å². The molecule has 0 aliphatic rings. The van der Waals surface area contributed by atoms with E-state index in [1.165, 1.54) is 199 Å². The summed E-state index contributed by atoms with van der Waals surface area (Å²) in [5.74, 6) is -1.35. The monoisotopic (exact) mass is 1340 g/mol. The standard InChI is InChI=1S/C72H140O17P2/c1-6-10-13-16-19-22-25-27-28-30-33-36-42-47-52-57-71(76)88-67(61-83-70(75)56-51-46-41-35-32-29-26-23-20-17-14-11-7-2)63-86-90(78,79)84-59-66(73)60-85-91(80,81)87-64-68(62-82-69(74)55-50-45-40-34-31-24-21-18-15-12-8-3)89-72(77)58-53-48-43-38-37-39-44-49-54-65(5)9-4/h65-68,73H,6-64H2,1-5H3,(H,78,79)(H,80,81)/t65?,66-,67-,68-/m1/s1. The van der Waals surface area contributed by atoms with E-state index in [1.54, 1.807) is 0 Å². The van der Waals surface area contributed by atoms with E-state index in [4.69, 9.17) is 37.0 Å². The highest BCUT2D eigenvalue weighted by Crippen LogP contribution is 2.45. The smallest absolute Gasteiger partial charge is 0.462 e. The summed E-state index contributed by atoms with van der Waals surface area (Å²) in [5, 5.41) is 10.6. The first kappa shape index (κ1) is 89.1. The number of phosphoric acid groups is 2. The van der Waals surface area contributed by atoms with Gasteiger partial charge in [-0.25, -0.2) is 9.13 Å². The van der Waals surface area contributed by atoms with Gasteiger partial charge in [-0.3, -0.25) is 37.3 Å². The van der Waals surface area contributed by atoms with Crippen LogP contribution in [0.1, 0.15) is 375 Å². The summed E-state index contributed by atoms with van der Waals surface area (Å²) in [5.41, 5.74) is 0. The normalized spacial score (nSPS) is 14.3. The molecule has 540 valence electrons. The number of hydrogen-bond donors (Lipinski definition) is 3. The maximum absolute atomic E-state index is 13.0. The lowest BCUT2D eigenvalue weighted by molar-refractivity contribution is -0.161. The van der Waals surface area contributed by atoms with Crippen molar-refractivity contribution in [1.29, 1.82) is 0 Å². The number of unbranched alkanes of at least 4 members (excludes halogenated alkanes) is 43. The number of rotatable bonds is 72. The molecule has 6 atom stereocenters. The van der Waals surface area contributed by atoms with Crippen LogP contribution in [0, 0.1) is 5.92 Å². The van der Waals surface area contributed by atoms with Crippen LogP contribution in [-0.2, 0) is 65.4 Å². The molecule has 0 amide bonds. The molecule has 3 N–H and O–H groups in total.